The lowest BCUT2D eigenvalue weighted by Gasteiger charge is -2.14. The van der Waals surface area contributed by atoms with Crippen LogP contribution >= 0.6 is 0 Å². The van der Waals surface area contributed by atoms with Crippen LogP contribution in [0.5, 0.6) is 11.5 Å². The summed E-state index contributed by atoms with van der Waals surface area (Å²) in [7, 11) is 0. The zero-order valence-corrected chi connectivity index (χ0v) is 18.1. The standard InChI is InChI=1S/C18H20O2.2C3H6O2/c1-3-17(13-5-9-15(19)10-6-13)18(4-2)14-7-11-16(20)12-8-14;2*1-2-3(4)5/h5-12,19-20H,3-4H2,1-2H3;2*2H2,1H3,(H,4,5). The number of phenolic OH excluding ortho intramolecular Hbond substituents is 2. The number of carbonyl (C=O) groups is 2. The number of rotatable bonds is 6. The molecule has 0 radical (unpaired) electrons. The molecule has 0 aliphatic carbocycles. The summed E-state index contributed by atoms with van der Waals surface area (Å²) in [6.07, 6.45) is 2.30. The molecule has 6 heteroatoms. The Balaban J connectivity index is 0.000000702. The van der Waals surface area contributed by atoms with Crippen molar-refractivity contribution in [1.82, 2.24) is 0 Å². The van der Waals surface area contributed by atoms with Gasteiger partial charge in [0.05, 0.1) is 0 Å². The summed E-state index contributed by atoms with van der Waals surface area (Å²) in [5.41, 5.74) is 4.82. The maximum absolute atomic E-state index is 9.41. The first-order chi connectivity index (χ1) is 14.2. The molecule has 2 aromatic carbocycles. The normalized spacial score (nSPS) is 10.5. The Bertz CT molecular complexity index is 735. The highest BCUT2D eigenvalue weighted by atomic mass is 16.4. The van der Waals surface area contributed by atoms with E-state index < -0.39 is 11.9 Å². The molecule has 0 heterocycles. The molecule has 0 saturated heterocycles. The zero-order valence-electron chi connectivity index (χ0n) is 18.1. The van der Waals surface area contributed by atoms with E-state index in [0.717, 1.165) is 24.0 Å². The van der Waals surface area contributed by atoms with Gasteiger partial charge in [0.1, 0.15) is 11.5 Å². The fraction of sp³-hybridized carbons (Fsp3) is 0.333. The van der Waals surface area contributed by atoms with E-state index >= 15 is 0 Å². The summed E-state index contributed by atoms with van der Waals surface area (Å²) in [4.78, 5) is 18.7. The number of aliphatic carboxylic acids is 2. The van der Waals surface area contributed by atoms with Crippen molar-refractivity contribution >= 4 is 23.1 Å². The third kappa shape index (κ3) is 10.3. The number of hydrogen-bond acceptors (Lipinski definition) is 4. The van der Waals surface area contributed by atoms with E-state index in [4.69, 9.17) is 10.2 Å². The van der Waals surface area contributed by atoms with E-state index in [1.807, 2.05) is 24.3 Å². The maximum Gasteiger partial charge on any atom is 0.303 e. The molecule has 0 bridgehead atoms. The molecule has 6 nitrogen and oxygen atoms in total. The minimum absolute atomic E-state index is 0.222. The van der Waals surface area contributed by atoms with Crippen molar-refractivity contribution in [1.29, 1.82) is 0 Å². The summed E-state index contributed by atoms with van der Waals surface area (Å²) in [6, 6.07) is 14.7. The minimum Gasteiger partial charge on any atom is -0.508 e. The fourth-order valence-electron chi connectivity index (χ4n) is 2.51. The first-order valence-corrected chi connectivity index (χ1v) is 9.94. The van der Waals surface area contributed by atoms with Gasteiger partial charge in [-0.25, -0.2) is 0 Å². The van der Waals surface area contributed by atoms with Crippen LogP contribution in [0.25, 0.3) is 11.1 Å². The highest BCUT2D eigenvalue weighted by molar-refractivity contribution is 5.90. The molecule has 2 aromatic rings. The molecule has 30 heavy (non-hydrogen) atoms. The third-order valence-electron chi connectivity index (χ3n) is 4.11. The van der Waals surface area contributed by atoms with Crippen molar-refractivity contribution in [2.75, 3.05) is 0 Å². The molecule has 0 atom stereocenters. The lowest BCUT2D eigenvalue weighted by atomic mass is 9.91. The van der Waals surface area contributed by atoms with E-state index in [1.165, 1.54) is 11.1 Å². The molecule has 0 fully saturated rings. The molecular weight excluding hydrogens is 384 g/mol. The quantitative estimate of drug-likeness (QED) is 0.443. The summed E-state index contributed by atoms with van der Waals surface area (Å²) < 4.78 is 0. The monoisotopic (exact) mass is 416 g/mol. The van der Waals surface area contributed by atoms with Crippen molar-refractivity contribution in [2.24, 2.45) is 0 Å². The number of allylic oxidation sites excluding steroid dienone is 2. The van der Waals surface area contributed by atoms with Gasteiger partial charge in [0.25, 0.3) is 0 Å². The predicted octanol–water partition coefficient (Wildman–Crippen LogP) is 5.79. The number of carboxylic acids is 2. The Hall–Kier alpha value is -3.28. The van der Waals surface area contributed by atoms with Crippen LogP contribution < -0.4 is 0 Å². The second kappa shape index (κ2) is 14.7. The largest absolute Gasteiger partial charge is 0.508 e. The number of carboxylic acid groups (broad SMARTS) is 2. The number of phenols is 2. The van der Waals surface area contributed by atoms with Crippen molar-refractivity contribution < 1.29 is 30.0 Å². The fourth-order valence-corrected chi connectivity index (χ4v) is 2.51. The Morgan fingerprint density at radius 1 is 0.567 bits per heavy atom. The molecule has 0 unspecified atom stereocenters. The van der Waals surface area contributed by atoms with Gasteiger partial charge in [0.2, 0.25) is 0 Å². The lowest BCUT2D eigenvalue weighted by molar-refractivity contribution is -0.137. The van der Waals surface area contributed by atoms with Gasteiger partial charge in [-0.1, -0.05) is 52.0 Å². The van der Waals surface area contributed by atoms with E-state index in [1.54, 1.807) is 38.1 Å². The van der Waals surface area contributed by atoms with Gasteiger partial charge >= 0.3 is 11.9 Å². The van der Waals surface area contributed by atoms with Crippen LogP contribution in [0, 0.1) is 0 Å². The summed E-state index contributed by atoms with van der Waals surface area (Å²) in [5.74, 6) is -0.922. The second-order valence-electron chi connectivity index (χ2n) is 6.25. The van der Waals surface area contributed by atoms with Gasteiger partial charge in [0, 0.05) is 12.8 Å². The van der Waals surface area contributed by atoms with Gasteiger partial charge in [-0.3, -0.25) is 9.59 Å². The average molecular weight is 417 g/mol. The summed E-state index contributed by atoms with van der Waals surface area (Å²) in [6.45, 7) is 7.47. The van der Waals surface area contributed by atoms with Crippen LogP contribution in [0.15, 0.2) is 48.5 Å². The second-order valence-corrected chi connectivity index (χ2v) is 6.25. The minimum atomic E-state index is -0.745. The van der Waals surface area contributed by atoms with E-state index in [9.17, 15) is 19.8 Å². The Morgan fingerprint density at radius 3 is 0.967 bits per heavy atom. The smallest absolute Gasteiger partial charge is 0.303 e. The summed E-state index contributed by atoms with van der Waals surface area (Å²) >= 11 is 0. The third-order valence-corrected chi connectivity index (χ3v) is 4.11. The number of aromatic hydroxyl groups is 2. The average Bonchev–Trinajstić information content (AvgIpc) is 2.74. The predicted molar refractivity (Wildman–Crippen MR) is 119 cm³/mol. The topological polar surface area (TPSA) is 115 Å². The molecule has 0 aliphatic heterocycles. The highest BCUT2D eigenvalue weighted by Gasteiger charge is 2.09. The van der Waals surface area contributed by atoms with Crippen molar-refractivity contribution in [2.45, 2.75) is 53.4 Å². The molecule has 0 aromatic heterocycles. The molecule has 164 valence electrons. The first kappa shape index (κ1) is 26.7. The van der Waals surface area contributed by atoms with E-state index in [0.29, 0.717) is 0 Å². The molecule has 2 rings (SSSR count). The van der Waals surface area contributed by atoms with Gasteiger partial charge in [-0.15, -0.1) is 0 Å². The zero-order chi connectivity index (χ0) is 23.1. The van der Waals surface area contributed by atoms with Crippen LogP contribution in [0.3, 0.4) is 0 Å². The maximum atomic E-state index is 9.41. The molecular formula is C24H32O6. The van der Waals surface area contributed by atoms with Gasteiger partial charge < -0.3 is 20.4 Å². The molecule has 0 spiro atoms. The van der Waals surface area contributed by atoms with Crippen LogP contribution in [0.1, 0.15) is 64.5 Å². The van der Waals surface area contributed by atoms with Crippen LogP contribution in [-0.2, 0) is 9.59 Å². The Morgan fingerprint density at radius 2 is 0.800 bits per heavy atom. The Kier molecular flexibility index (Phi) is 13.1. The summed E-state index contributed by atoms with van der Waals surface area (Å²) in [5, 5.41) is 34.3. The molecule has 4 N–H and O–H groups in total. The van der Waals surface area contributed by atoms with Gasteiger partial charge in [0.15, 0.2) is 0 Å². The van der Waals surface area contributed by atoms with Crippen LogP contribution in [-0.4, -0.2) is 32.4 Å². The molecule has 0 saturated carbocycles. The number of hydrogen-bond donors (Lipinski definition) is 4. The van der Waals surface area contributed by atoms with Gasteiger partial charge in [-0.2, -0.15) is 0 Å². The van der Waals surface area contributed by atoms with Crippen molar-refractivity contribution in [3.8, 4) is 11.5 Å². The SMILES string of the molecule is CCC(=C(CC)c1ccc(O)cc1)c1ccc(O)cc1.CCC(=O)O.CCC(=O)O. The van der Waals surface area contributed by atoms with Crippen molar-refractivity contribution in [3.05, 3.63) is 59.7 Å². The van der Waals surface area contributed by atoms with Crippen molar-refractivity contribution in [3.63, 3.8) is 0 Å². The van der Waals surface area contributed by atoms with Crippen LogP contribution in [0.2, 0.25) is 0 Å². The van der Waals surface area contributed by atoms with Crippen LogP contribution in [0.4, 0.5) is 0 Å². The van der Waals surface area contributed by atoms with E-state index in [2.05, 4.69) is 13.8 Å². The lowest BCUT2D eigenvalue weighted by Crippen LogP contribution is -1.91. The molecule has 0 aliphatic rings. The highest BCUT2D eigenvalue weighted by Crippen LogP contribution is 2.32. The van der Waals surface area contributed by atoms with E-state index in [-0.39, 0.29) is 24.3 Å². The van der Waals surface area contributed by atoms with Gasteiger partial charge in [-0.05, 0) is 59.4 Å². The Labute approximate surface area is 178 Å². The molecule has 0 amide bonds. The first-order valence-electron chi connectivity index (χ1n) is 9.94. The number of benzene rings is 2.